The first-order valence-corrected chi connectivity index (χ1v) is 12.1. The molecule has 6 nitrogen and oxygen atoms in total. The molecular formula is C25H29N3O3. The largest absolute Gasteiger partial charge is 0.476 e. The third-order valence-electron chi connectivity index (χ3n) is 9.71. The van der Waals surface area contributed by atoms with Gasteiger partial charge in [-0.25, -0.2) is 9.78 Å². The number of aromatic carboxylic acids is 1. The van der Waals surface area contributed by atoms with E-state index in [1.807, 2.05) is 24.3 Å². The lowest BCUT2D eigenvalue weighted by Gasteiger charge is -2.81. The van der Waals surface area contributed by atoms with Gasteiger partial charge in [-0.15, -0.1) is 0 Å². The van der Waals surface area contributed by atoms with Crippen LogP contribution in [0.1, 0.15) is 74.3 Å². The molecule has 6 atom stereocenters. The number of hydrogen-bond donors (Lipinski definition) is 1. The number of carbonyl (C=O) groups is 1. The van der Waals surface area contributed by atoms with Gasteiger partial charge in [0.15, 0.2) is 0 Å². The Kier molecular flexibility index (Phi) is 3.66. The van der Waals surface area contributed by atoms with Crippen molar-refractivity contribution in [3.63, 3.8) is 0 Å². The number of benzene rings is 1. The van der Waals surface area contributed by atoms with Crippen LogP contribution in [0, 0.1) is 17.3 Å². The Morgan fingerprint density at radius 1 is 1.00 bits per heavy atom. The van der Waals surface area contributed by atoms with Crippen molar-refractivity contribution in [3.05, 3.63) is 40.3 Å². The van der Waals surface area contributed by atoms with Crippen LogP contribution < -0.4 is 5.56 Å². The van der Waals surface area contributed by atoms with Crippen molar-refractivity contribution in [2.45, 2.75) is 82.0 Å². The first-order valence-electron chi connectivity index (χ1n) is 12.1. The minimum Gasteiger partial charge on any atom is -0.476 e. The van der Waals surface area contributed by atoms with Crippen LogP contribution in [0.25, 0.3) is 11.0 Å². The van der Waals surface area contributed by atoms with Crippen LogP contribution in [0.2, 0.25) is 0 Å². The van der Waals surface area contributed by atoms with Gasteiger partial charge in [0.05, 0.1) is 11.0 Å². The lowest BCUT2D eigenvalue weighted by atomic mass is 9.39. The highest BCUT2D eigenvalue weighted by Crippen LogP contribution is 2.73. The Balaban J connectivity index is 1.24. The van der Waals surface area contributed by atoms with Gasteiger partial charge >= 0.3 is 5.97 Å². The van der Waals surface area contributed by atoms with Gasteiger partial charge in [-0.2, -0.15) is 0 Å². The van der Waals surface area contributed by atoms with Gasteiger partial charge in [0.1, 0.15) is 0 Å². The summed E-state index contributed by atoms with van der Waals surface area (Å²) in [5.41, 5.74) is 0.792. The van der Waals surface area contributed by atoms with E-state index in [1.165, 1.54) is 44.9 Å². The fraction of sp³-hybridized carbons (Fsp3) is 0.640. The fourth-order valence-corrected chi connectivity index (χ4v) is 8.45. The summed E-state index contributed by atoms with van der Waals surface area (Å²) in [5, 5.41) is 9.59. The molecule has 3 unspecified atom stereocenters. The minimum absolute atomic E-state index is 0.106. The van der Waals surface area contributed by atoms with E-state index in [0.717, 1.165) is 36.2 Å². The molecule has 0 radical (unpaired) electrons. The lowest BCUT2D eigenvalue weighted by molar-refractivity contribution is -0.311. The normalized spacial score (nSPS) is 40.8. The molecular weight excluding hydrogens is 390 g/mol. The zero-order valence-corrected chi connectivity index (χ0v) is 17.7. The molecule has 2 heterocycles. The van der Waals surface area contributed by atoms with Crippen LogP contribution in [-0.2, 0) is 0 Å². The van der Waals surface area contributed by atoms with Crippen molar-refractivity contribution in [2.24, 2.45) is 17.3 Å². The van der Waals surface area contributed by atoms with E-state index in [2.05, 4.69) is 9.88 Å². The van der Waals surface area contributed by atoms with Crippen LogP contribution in [0.3, 0.4) is 0 Å². The summed E-state index contributed by atoms with van der Waals surface area (Å²) < 4.78 is 1.81. The topological polar surface area (TPSA) is 75.4 Å². The zero-order chi connectivity index (χ0) is 20.9. The number of hydrogen-bond acceptors (Lipinski definition) is 4. The van der Waals surface area contributed by atoms with Crippen molar-refractivity contribution in [2.75, 3.05) is 0 Å². The van der Waals surface area contributed by atoms with Gasteiger partial charge < -0.3 is 9.67 Å². The molecule has 2 aromatic rings. The number of likely N-dealkylation sites (tertiary alicyclic amines) is 1. The predicted octanol–water partition coefficient (Wildman–Crippen LogP) is 3.84. The Hall–Kier alpha value is -2.21. The number of carboxylic acids is 1. The number of rotatable bonds is 3. The molecule has 2 bridgehead atoms. The number of para-hydroxylation sites is 2. The number of piperidine rings is 2. The maximum absolute atomic E-state index is 13.2. The van der Waals surface area contributed by atoms with Gasteiger partial charge in [-0.1, -0.05) is 31.4 Å². The summed E-state index contributed by atoms with van der Waals surface area (Å²) in [4.78, 5) is 32.0. The van der Waals surface area contributed by atoms with Gasteiger partial charge in [0.2, 0.25) is 5.69 Å². The number of fused-ring (bicyclic) bond motifs is 3. The van der Waals surface area contributed by atoms with Crippen LogP contribution in [0.4, 0.5) is 0 Å². The molecule has 0 amide bonds. The Morgan fingerprint density at radius 3 is 2.45 bits per heavy atom. The van der Waals surface area contributed by atoms with Gasteiger partial charge in [-0.3, -0.25) is 9.69 Å². The minimum atomic E-state index is -1.23. The monoisotopic (exact) mass is 419 g/mol. The van der Waals surface area contributed by atoms with E-state index in [4.69, 9.17) is 0 Å². The highest BCUT2D eigenvalue weighted by Gasteiger charge is 2.76. The third kappa shape index (κ3) is 2.24. The van der Waals surface area contributed by atoms with E-state index in [9.17, 15) is 14.7 Å². The quantitative estimate of drug-likeness (QED) is 0.818. The van der Waals surface area contributed by atoms with E-state index >= 15 is 0 Å². The number of aromatic nitrogens is 2. The Bertz CT molecular complexity index is 1140. The fourth-order valence-electron chi connectivity index (χ4n) is 8.45. The summed E-state index contributed by atoms with van der Waals surface area (Å²) in [5.74, 6) is 0.619. The highest BCUT2D eigenvalue weighted by atomic mass is 16.4. The Morgan fingerprint density at radius 2 is 1.77 bits per heavy atom. The van der Waals surface area contributed by atoms with Crippen molar-refractivity contribution in [1.82, 2.24) is 14.5 Å². The molecule has 1 aliphatic heterocycles. The molecule has 5 fully saturated rings. The molecule has 1 saturated heterocycles. The summed E-state index contributed by atoms with van der Waals surface area (Å²) in [6, 6.07) is 9.50. The third-order valence-corrected chi connectivity index (χ3v) is 9.71. The molecule has 4 saturated carbocycles. The van der Waals surface area contributed by atoms with Crippen molar-refractivity contribution < 1.29 is 9.90 Å². The van der Waals surface area contributed by atoms with Gasteiger partial charge in [0.25, 0.3) is 5.56 Å². The standard InChI is InChI=1S/C25H29N3O3/c29-23-22(24(30)31)26-17-6-1-2-7-18(17)28(23)21-13-20-25(21)9-8-19(25)27(20)16-11-14-4-3-5-15(10-14)12-16/h1-2,6-7,14-16,19-21H,3-5,8-13H2,(H,30,31)/t14?,15?,16?,19-,20-,21-,25?/m1/s1. The predicted molar refractivity (Wildman–Crippen MR) is 116 cm³/mol. The number of carboxylic acid groups (broad SMARTS) is 1. The second kappa shape index (κ2) is 6.18. The van der Waals surface area contributed by atoms with Crippen LogP contribution >= 0.6 is 0 Å². The summed E-state index contributed by atoms with van der Waals surface area (Å²) >= 11 is 0. The maximum atomic E-state index is 13.2. The zero-order valence-electron chi connectivity index (χ0n) is 17.7. The highest BCUT2D eigenvalue weighted by molar-refractivity contribution is 5.88. The van der Waals surface area contributed by atoms with Crippen molar-refractivity contribution in [1.29, 1.82) is 0 Å². The molecule has 1 spiro atoms. The number of nitrogens with zero attached hydrogens (tertiary/aromatic N) is 3. The summed E-state index contributed by atoms with van der Waals surface area (Å²) in [6.45, 7) is 0. The molecule has 1 N–H and O–H groups in total. The average molecular weight is 420 g/mol. The first kappa shape index (κ1) is 18.4. The lowest BCUT2D eigenvalue weighted by Crippen LogP contribution is -2.87. The smallest absolute Gasteiger partial charge is 0.360 e. The van der Waals surface area contributed by atoms with Crippen molar-refractivity contribution >= 4 is 17.0 Å². The van der Waals surface area contributed by atoms with E-state index in [0.29, 0.717) is 17.6 Å². The molecule has 7 rings (SSSR count). The average Bonchev–Trinajstić information content (AvgIpc) is 2.72. The van der Waals surface area contributed by atoms with Gasteiger partial charge in [-0.05, 0) is 62.5 Å². The maximum Gasteiger partial charge on any atom is 0.360 e. The summed E-state index contributed by atoms with van der Waals surface area (Å²) in [6.07, 6.45) is 11.8. The molecule has 1 aromatic carbocycles. The van der Waals surface area contributed by atoms with Crippen LogP contribution in [-0.4, -0.2) is 43.7 Å². The van der Waals surface area contributed by atoms with Crippen molar-refractivity contribution in [3.8, 4) is 0 Å². The molecule has 6 heteroatoms. The summed E-state index contributed by atoms with van der Waals surface area (Å²) in [7, 11) is 0. The molecule has 4 aliphatic carbocycles. The van der Waals surface area contributed by atoms with Crippen LogP contribution in [0.15, 0.2) is 29.1 Å². The molecule has 5 aliphatic rings. The van der Waals surface area contributed by atoms with E-state index in [-0.39, 0.29) is 17.2 Å². The molecule has 31 heavy (non-hydrogen) atoms. The SMILES string of the molecule is O=C(O)c1nc2ccccc2n([C@@H]2C[C@H]3N(C4CC5CCCC(C5)C4)[C@@H]4CCC432)c1=O. The molecule has 1 aromatic heterocycles. The van der Waals surface area contributed by atoms with E-state index in [1.54, 1.807) is 4.57 Å². The van der Waals surface area contributed by atoms with Gasteiger partial charge in [0, 0.05) is 29.6 Å². The second-order valence-corrected chi connectivity index (χ2v) is 10.8. The van der Waals surface area contributed by atoms with E-state index < -0.39 is 11.5 Å². The Labute approximate surface area is 181 Å². The van der Waals surface area contributed by atoms with Crippen LogP contribution in [0.5, 0.6) is 0 Å². The molecule has 162 valence electrons. The first-order chi connectivity index (χ1) is 15.1. The second-order valence-electron chi connectivity index (χ2n) is 10.8.